The van der Waals surface area contributed by atoms with Gasteiger partial charge in [0.2, 0.25) is 0 Å². The zero-order valence-corrected chi connectivity index (χ0v) is 13.2. The van der Waals surface area contributed by atoms with Crippen LogP contribution in [0, 0.1) is 12.7 Å². The predicted octanol–water partition coefficient (Wildman–Crippen LogP) is 4.31. The molecule has 1 atom stereocenters. The first-order valence-electron chi connectivity index (χ1n) is 6.37. The molecule has 21 heavy (non-hydrogen) atoms. The molecule has 2 N–H and O–H groups in total. The number of aryl methyl sites for hydroxylation is 1. The van der Waals surface area contributed by atoms with Gasteiger partial charge < -0.3 is 10.4 Å². The zero-order chi connectivity index (χ0) is 15.6. The first-order valence-corrected chi connectivity index (χ1v) is 7.16. The van der Waals surface area contributed by atoms with Gasteiger partial charge in [-0.3, -0.25) is 0 Å². The molecule has 0 saturated heterocycles. The van der Waals surface area contributed by atoms with Crippen molar-refractivity contribution in [2.45, 2.75) is 19.4 Å². The molecule has 0 amide bonds. The summed E-state index contributed by atoms with van der Waals surface area (Å²) in [6.45, 7) is 3.45. The van der Waals surface area contributed by atoms with Crippen LogP contribution in [0.25, 0.3) is 0 Å². The van der Waals surface area contributed by atoms with Gasteiger partial charge in [-0.2, -0.15) is 0 Å². The number of carbonyl (C=O) groups is 1. The van der Waals surface area contributed by atoms with Crippen LogP contribution in [0.2, 0.25) is 0 Å². The van der Waals surface area contributed by atoms with E-state index >= 15 is 0 Å². The molecule has 0 fully saturated rings. The minimum absolute atomic E-state index is 0.411. The molecular weight excluding hydrogens is 337 g/mol. The molecule has 1 unspecified atom stereocenters. The Morgan fingerprint density at radius 1 is 1.29 bits per heavy atom. The zero-order valence-electron chi connectivity index (χ0n) is 11.7. The van der Waals surface area contributed by atoms with Gasteiger partial charge in [0.1, 0.15) is 5.82 Å². The molecule has 0 aliphatic carbocycles. The van der Waals surface area contributed by atoms with E-state index in [2.05, 4.69) is 21.2 Å². The molecule has 0 aromatic heterocycles. The Balaban J connectivity index is 2.51. The van der Waals surface area contributed by atoms with Crippen molar-refractivity contribution in [3.63, 3.8) is 0 Å². The van der Waals surface area contributed by atoms with Crippen molar-refractivity contribution < 1.29 is 14.3 Å². The van der Waals surface area contributed by atoms with Gasteiger partial charge in [0.25, 0.3) is 0 Å². The van der Waals surface area contributed by atoms with Crippen LogP contribution >= 0.6 is 15.9 Å². The molecule has 0 spiro atoms. The molecule has 2 aromatic carbocycles. The van der Waals surface area contributed by atoms with E-state index in [9.17, 15) is 14.3 Å². The second-order valence-corrected chi connectivity index (χ2v) is 5.85. The summed E-state index contributed by atoms with van der Waals surface area (Å²) in [5.41, 5.74) is 0.736. The van der Waals surface area contributed by atoms with Crippen LogP contribution in [-0.2, 0) is 10.3 Å². The Morgan fingerprint density at radius 2 is 1.95 bits per heavy atom. The first kappa shape index (κ1) is 15.5. The van der Waals surface area contributed by atoms with Gasteiger partial charge in [-0.15, -0.1) is 0 Å². The van der Waals surface area contributed by atoms with E-state index in [0.29, 0.717) is 10.0 Å². The van der Waals surface area contributed by atoms with Gasteiger partial charge in [0.15, 0.2) is 5.54 Å². The summed E-state index contributed by atoms with van der Waals surface area (Å²) in [5.74, 6) is -1.47. The molecule has 0 aliphatic heterocycles. The number of hydrogen-bond donors (Lipinski definition) is 2. The molecule has 110 valence electrons. The molecule has 0 heterocycles. The maximum atomic E-state index is 13.2. The van der Waals surface area contributed by atoms with E-state index in [0.717, 1.165) is 11.3 Å². The molecule has 3 nitrogen and oxygen atoms in total. The normalized spacial score (nSPS) is 13.5. The fourth-order valence-corrected chi connectivity index (χ4v) is 2.86. The lowest BCUT2D eigenvalue weighted by Crippen LogP contribution is -2.41. The van der Waals surface area contributed by atoms with E-state index in [1.165, 1.54) is 18.2 Å². The number of carboxylic acid groups (broad SMARTS) is 1. The Labute approximate surface area is 130 Å². The highest BCUT2D eigenvalue weighted by Gasteiger charge is 2.37. The van der Waals surface area contributed by atoms with E-state index in [1.54, 1.807) is 6.92 Å². The molecule has 0 bridgehead atoms. The highest BCUT2D eigenvalue weighted by atomic mass is 79.9. The van der Waals surface area contributed by atoms with E-state index in [-0.39, 0.29) is 0 Å². The van der Waals surface area contributed by atoms with Crippen LogP contribution in [0.4, 0.5) is 10.1 Å². The fourth-order valence-electron chi connectivity index (χ4n) is 2.11. The largest absolute Gasteiger partial charge is 0.479 e. The number of halogens is 2. The Bertz CT molecular complexity index is 690. The summed E-state index contributed by atoms with van der Waals surface area (Å²) in [6.07, 6.45) is 0. The fraction of sp³-hybridized carbons (Fsp3) is 0.188. The maximum Gasteiger partial charge on any atom is 0.333 e. The van der Waals surface area contributed by atoms with Crippen molar-refractivity contribution in [3.8, 4) is 0 Å². The number of benzene rings is 2. The van der Waals surface area contributed by atoms with Crippen molar-refractivity contribution in [1.29, 1.82) is 0 Å². The minimum atomic E-state index is -1.38. The SMILES string of the molecule is Cc1ccccc1NC(C)(C(=O)O)c1ccc(F)cc1Br. The standard InChI is InChI=1S/C16H15BrFNO2/c1-10-5-3-4-6-14(10)19-16(2,15(20)21)12-8-7-11(18)9-13(12)17/h3-9,19H,1-2H3,(H,20,21). The highest BCUT2D eigenvalue weighted by molar-refractivity contribution is 9.10. The van der Waals surface area contributed by atoms with Crippen LogP contribution in [0.15, 0.2) is 46.9 Å². The number of carboxylic acids is 1. The third-order valence-electron chi connectivity index (χ3n) is 3.43. The summed E-state index contributed by atoms with van der Waals surface area (Å²) < 4.78 is 13.6. The van der Waals surface area contributed by atoms with Gasteiger partial charge in [-0.1, -0.05) is 40.2 Å². The van der Waals surface area contributed by atoms with Crippen LogP contribution in [-0.4, -0.2) is 11.1 Å². The average molecular weight is 352 g/mol. The van der Waals surface area contributed by atoms with Gasteiger partial charge in [0.05, 0.1) is 0 Å². The number of para-hydroxylation sites is 1. The second kappa shape index (κ2) is 5.85. The first-order chi connectivity index (χ1) is 9.84. The number of rotatable bonds is 4. The van der Waals surface area contributed by atoms with Crippen LogP contribution in [0.3, 0.4) is 0 Å². The summed E-state index contributed by atoms with van der Waals surface area (Å²) in [4.78, 5) is 11.8. The van der Waals surface area contributed by atoms with Crippen molar-refractivity contribution in [3.05, 3.63) is 63.9 Å². The quantitative estimate of drug-likeness (QED) is 0.862. The topological polar surface area (TPSA) is 49.3 Å². The van der Waals surface area contributed by atoms with Crippen LogP contribution in [0.5, 0.6) is 0 Å². The van der Waals surface area contributed by atoms with E-state index in [4.69, 9.17) is 0 Å². The van der Waals surface area contributed by atoms with Gasteiger partial charge in [0, 0.05) is 15.7 Å². The molecule has 0 aliphatic rings. The van der Waals surface area contributed by atoms with E-state index in [1.807, 2.05) is 31.2 Å². The van der Waals surface area contributed by atoms with Crippen molar-refractivity contribution in [2.75, 3.05) is 5.32 Å². The number of anilines is 1. The van der Waals surface area contributed by atoms with Crippen LogP contribution < -0.4 is 5.32 Å². The number of hydrogen-bond acceptors (Lipinski definition) is 2. The third kappa shape index (κ3) is 3.08. The summed E-state index contributed by atoms with van der Waals surface area (Å²) in [5, 5.41) is 12.7. The Kier molecular flexibility index (Phi) is 4.32. The summed E-state index contributed by atoms with van der Waals surface area (Å²) in [6, 6.07) is 11.4. The van der Waals surface area contributed by atoms with Gasteiger partial charge >= 0.3 is 5.97 Å². The lowest BCUT2D eigenvalue weighted by Gasteiger charge is -2.29. The van der Waals surface area contributed by atoms with Crippen molar-refractivity contribution >= 4 is 27.6 Å². The highest BCUT2D eigenvalue weighted by Crippen LogP contribution is 2.33. The lowest BCUT2D eigenvalue weighted by molar-refractivity contribution is -0.142. The summed E-state index contributed by atoms with van der Waals surface area (Å²) >= 11 is 3.24. The molecule has 0 saturated carbocycles. The molecule has 2 rings (SSSR count). The molecule has 2 aromatic rings. The molecule has 0 radical (unpaired) electrons. The minimum Gasteiger partial charge on any atom is -0.479 e. The van der Waals surface area contributed by atoms with Gasteiger partial charge in [-0.05, 0) is 37.6 Å². The third-order valence-corrected chi connectivity index (χ3v) is 4.08. The van der Waals surface area contributed by atoms with Gasteiger partial charge in [-0.25, -0.2) is 9.18 Å². The monoisotopic (exact) mass is 351 g/mol. The number of aliphatic carboxylic acids is 1. The van der Waals surface area contributed by atoms with Crippen molar-refractivity contribution in [2.24, 2.45) is 0 Å². The Morgan fingerprint density at radius 3 is 2.52 bits per heavy atom. The smallest absolute Gasteiger partial charge is 0.333 e. The summed E-state index contributed by atoms with van der Waals surface area (Å²) in [7, 11) is 0. The number of nitrogens with one attached hydrogen (secondary N) is 1. The molecular formula is C16H15BrFNO2. The Hall–Kier alpha value is -1.88. The van der Waals surface area contributed by atoms with Crippen molar-refractivity contribution in [1.82, 2.24) is 0 Å². The molecule has 5 heteroatoms. The maximum absolute atomic E-state index is 13.2. The predicted molar refractivity (Wildman–Crippen MR) is 83.9 cm³/mol. The lowest BCUT2D eigenvalue weighted by atomic mass is 9.91. The van der Waals surface area contributed by atoms with Crippen LogP contribution in [0.1, 0.15) is 18.1 Å². The second-order valence-electron chi connectivity index (χ2n) is 4.99. The average Bonchev–Trinajstić information content (AvgIpc) is 2.41. The van der Waals surface area contributed by atoms with E-state index < -0.39 is 17.3 Å².